The van der Waals surface area contributed by atoms with Crippen molar-refractivity contribution in [1.82, 2.24) is 15.2 Å². The van der Waals surface area contributed by atoms with Crippen molar-refractivity contribution in [2.24, 2.45) is 0 Å². The van der Waals surface area contributed by atoms with Crippen molar-refractivity contribution in [2.75, 3.05) is 26.2 Å². The van der Waals surface area contributed by atoms with E-state index in [0.717, 1.165) is 85.3 Å². The van der Waals surface area contributed by atoms with Crippen LogP contribution in [0.15, 0.2) is 67.0 Å². The molecule has 5 rings (SSSR count). The fourth-order valence-corrected chi connectivity index (χ4v) is 7.46. The molecule has 0 unspecified atom stereocenters. The molecule has 1 N–H and O–H groups in total. The van der Waals surface area contributed by atoms with Gasteiger partial charge in [-0.1, -0.05) is 79.5 Å². The molecule has 0 spiro atoms. The third-order valence-electron chi connectivity index (χ3n) is 10.6. The number of aryl methyl sites for hydroxylation is 5. The quantitative estimate of drug-likeness (QED) is 0.111. The SMILES string of the molecule is CCC(C)(CC)NCc1cc(C)c(CCc2cccc(-c3cccc(OCCCN4CCCC4)c3Cl)c2Cl)cc1CCc1cncc(C#N)c1. The van der Waals surface area contributed by atoms with E-state index in [2.05, 4.69) is 73.2 Å². The highest BCUT2D eigenvalue weighted by Gasteiger charge is 2.20. The van der Waals surface area contributed by atoms with E-state index in [9.17, 15) is 5.26 Å². The number of hydrogen-bond acceptors (Lipinski definition) is 5. The van der Waals surface area contributed by atoms with Crippen LogP contribution >= 0.6 is 23.2 Å². The first kappa shape index (κ1) is 37.8. The molecule has 0 atom stereocenters. The molecule has 0 radical (unpaired) electrons. The first-order valence-corrected chi connectivity index (χ1v) is 19.1. The molecular weight excluding hydrogens is 659 g/mol. The van der Waals surface area contributed by atoms with Crippen molar-refractivity contribution in [1.29, 1.82) is 5.26 Å². The van der Waals surface area contributed by atoms with Gasteiger partial charge in [-0.05, 0) is 130 Å². The minimum absolute atomic E-state index is 0.0958. The molecule has 0 saturated carbocycles. The summed E-state index contributed by atoms with van der Waals surface area (Å²) in [6.07, 6.45) is 12.6. The zero-order chi connectivity index (χ0) is 35.5. The first-order valence-electron chi connectivity index (χ1n) is 18.3. The second-order valence-electron chi connectivity index (χ2n) is 14.0. The van der Waals surface area contributed by atoms with Crippen LogP contribution in [0.3, 0.4) is 0 Å². The predicted molar refractivity (Wildman–Crippen MR) is 208 cm³/mol. The summed E-state index contributed by atoms with van der Waals surface area (Å²) in [5, 5.41) is 14.6. The van der Waals surface area contributed by atoms with Crippen molar-refractivity contribution in [3.8, 4) is 22.9 Å². The third kappa shape index (κ3) is 9.89. The number of halogens is 2. The number of rotatable bonds is 17. The van der Waals surface area contributed by atoms with Crippen LogP contribution in [0.1, 0.15) is 91.8 Å². The summed E-state index contributed by atoms with van der Waals surface area (Å²) < 4.78 is 6.15. The standard InChI is InChI=1S/C43H52Cl2N4O/c1-5-43(4,6-2)48-30-37-24-31(3)35(26-36(37)17-16-32-25-33(27-46)29-47-28-32)19-18-34-12-9-13-38(41(34)44)39-14-10-15-40(42(39)45)50-23-11-22-49-20-7-8-21-49/h9-10,12-15,24-26,28-29,48H,5-8,11,16-23,30H2,1-4H3. The minimum Gasteiger partial charge on any atom is -0.492 e. The van der Waals surface area contributed by atoms with E-state index < -0.39 is 0 Å². The van der Waals surface area contributed by atoms with E-state index in [1.807, 2.05) is 36.5 Å². The molecule has 4 aromatic rings. The zero-order valence-corrected chi connectivity index (χ0v) is 31.8. The van der Waals surface area contributed by atoms with Crippen LogP contribution in [0.5, 0.6) is 5.75 Å². The van der Waals surface area contributed by atoms with Crippen molar-refractivity contribution < 1.29 is 4.74 Å². The average molecular weight is 712 g/mol. The Morgan fingerprint density at radius 3 is 2.30 bits per heavy atom. The Labute approximate surface area is 310 Å². The van der Waals surface area contributed by atoms with Crippen molar-refractivity contribution in [3.05, 3.63) is 116 Å². The molecule has 264 valence electrons. The number of ether oxygens (including phenoxy) is 1. The second kappa shape index (κ2) is 18.2. The van der Waals surface area contributed by atoms with Gasteiger partial charge in [0.05, 0.1) is 22.2 Å². The maximum atomic E-state index is 9.38. The van der Waals surface area contributed by atoms with Gasteiger partial charge >= 0.3 is 0 Å². The molecule has 5 nitrogen and oxygen atoms in total. The van der Waals surface area contributed by atoms with Crippen molar-refractivity contribution in [2.45, 2.75) is 97.6 Å². The van der Waals surface area contributed by atoms with E-state index in [1.54, 1.807) is 6.20 Å². The normalized spacial score (nSPS) is 13.5. The number of nitriles is 1. The Kier molecular flexibility index (Phi) is 13.8. The highest BCUT2D eigenvalue weighted by molar-refractivity contribution is 6.37. The van der Waals surface area contributed by atoms with Gasteiger partial charge in [-0.25, -0.2) is 0 Å². The van der Waals surface area contributed by atoms with E-state index in [4.69, 9.17) is 27.9 Å². The first-order chi connectivity index (χ1) is 24.2. The minimum atomic E-state index is 0.0958. The second-order valence-corrected chi connectivity index (χ2v) is 14.8. The van der Waals surface area contributed by atoms with E-state index >= 15 is 0 Å². The lowest BCUT2D eigenvalue weighted by atomic mass is 9.90. The molecule has 3 aromatic carbocycles. The smallest absolute Gasteiger partial charge is 0.138 e. The Bertz CT molecular complexity index is 1770. The number of hydrogen-bond donors (Lipinski definition) is 1. The van der Waals surface area contributed by atoms with Gasteiger partial charge in [0.15, 0.2) is 0 Å². The summed E-state index contributed by atoms with van der Waals surface area (Å²) in [6, 6.07) is 21.1. The van der Waals surface area contributed by atoms with Crippen LogP contribution in [0.2, 0.25) is 10.0 Å². The monoisotopic (exact) mass is 710 g/mol. The number of nitrogens with zero attached hydrogens (tertiary/aromatic N) is 3. The van der Waals surface area contributed by atoms with Crippen LogP contribution < -0.4 is 10.1 Å². The summed E-state index contributed by atoms with van der Waals surface area (Å²) in [6.45, 7) is 13.9. The maximum absolute atomic E-state index is 9.38. The van der Waals surface area contributed by atoms with Crippen LogP contribution in [-0.2, 0) is 32.2 Å². The topological polar surface area (TPSA) is 61.2 Å². The lowest BCUT2D eigenvalue weighted by Crippen LogP contribution is -2.40. The molecule has 7 heteroatoms. The van der Waals surface area contributed by atoms with E-state index in [0.29, 0.717) is 22.9 Å². The van der Waals surface area contributed by atoms with Gasteiger partial charge in [-0.3, -0.25) is 4.98 Å². The van der Waals surface area contributed by atoms with Crippen molar-refractivity contribution >= 4 is 23.2 Å². The van der Waals surface area contributed by atoms with Crippen LogP contribution in [0.4, 0.5) is 0 Å². The van der Waals surface area contributed by atoms with E-state index in [-0.39, 0.29) is 5.54 Å². The number of likely N-dealkylation sites (tertiary alicyclic amines) is 1. The molecule has 0 bridgehead atoms. The molecule has 1 aliphatic rings. The average Bonchev–Trinajstić information content (AvgIpc) is 3.66. The number of nitrogens with one attached hydrogen (secondary N) is 1. The highest BCUT2D eigenvalue weighted by atomic mass is 35.5. The van der Waals surface area contributed by atoms with Gasteiger partial charge in [-0.15, -0.1) is 0 Å². The zero-order valence-electron chi connectivity index (χ0n) is 30.3. The van der Waals surface area contributed by atoms with Gasteiger partial charge in [0.1, 0.15) is 11.8 Å². The molecule has 2 heterocycles. The molecular formula is C43H52Cl2N4O. The van der Waals surface area contributed by atoms with Crippen LogP contribution in [0, 0.1) is 18.3 Å². The maximum Gasteiger partial charge on any atom is 0.138 e. The van der Waals surface area contributed by atoms with Gasteiger partial charge in [-0.2, -0.15) is 5.26 Å². The van der Waals surface area contributed by atoms with Crippen molar-refractivity contribution in [3.63, 3.8) is 0 Å². The fourth-order valence-electron chi connectivity index (χ4n) is 6.86. The van der Waals surface area contributed by atoms with E-state index in [1.165, 1.54) is 48.2 Å². The summed E-state index contributed by atoms with van der Waals surface area (Å²) in [5.41, 5.74) is 9.98. The summed E-state index contributed by atoms with van der Waals surface area (Å²) >= 11 is 14.1. The van der Waals surface area contributed by atoms with Gasteiger partial charge in [0.2, 0.25) is 0 Å². The number of benzene rings is 3. The Hall–Kier alpha value is -3.40. The molecule has 0 amide bonds. The molecule has 1 fully saturated rings. The Morgan fingerprint density at radius 2 is 1.56 bits per heavy atom. The molecule has 50 heavy (non-hydrogen) atoms. The summed E-state index contributed by atoms with van der Waals surface area (Å²) in [7, 11) is 0. The predicted octanol–water partition coefficient (Wildman–Crippen LogP) is 10.3. The molecule has 1 saturated heterocycles. The summed E-state index contributed by atoms with van der Waals surface area (Å²) in [4.78, 5) is 6.79. The summed E-state index contributed by atoms with van der Waals surface area (Å²) in [5.74, 6) is 0.707. The lowest BCUT2D eigenvalue weighted by molar-refractivity contribution is 0.263. The van der Waals surface area contributed by atoms with Gasteiger partial charge < -0.3 is 15.0 Å². The van der Waals surface area contributed by atoms with Gasteiger partial charge in [0, 0.05) is 42.1 Å². The molecule has 1 aliphatic heterocycles. The third-order valence-corrected chi connectivity index (χ3v) is 11.4. The van der Waals surface area contributed by atoms with Gasteiger partial charge in [0.25, 0.3) is 0 Å². The molecule has 1 aromatic heterocycles. The van der Waals surface area contributed by atoms with Crippen LogP contribution in [-0.4, -0.2) is 41.7 Å². The lowest BCUT2D eigenvalue weighted by Gasteiger charge is -2.29. The Morgan fingerprint density at radius 1 is 0.860 bits per heavy atom. The Balaban J connectivity index is 1.32. The van der Waals surface area contributed by atoms with Crippen LogP contribution in [0.25, 0.3) is 11.1 Å². The largest absolute Gasteiger partial charge is 0.492 e. The molecule has 0 aliphatic carbocycles. The highest BCUT2D eigenvalue weighted by Crippen LogP contribution is 2.40. The number of aromatic nitrogens is 1. The fraction of sp³-hybridized carbons (Fsp3) is 0.442. The number of pyridine rings is 1.